The molecule has 19 heteroatoms. The molecule has 10 nitrogen and oxygen atoms in total. The van der Waals surface area contributed by atoms with E-state index in [-0.39, 0.29) is 32.7 Å². The van der Waals surface area contributed by atoms with Gasteiger partial charge in [0.1, 0.15) is 5.69 Å². The van der Waals surface area contributed by atoms with E-state index in [1.807, 2.05) is 0 Å². The van der Waals surface area contributed by atoms with Gasteiger partial charge in [0, 0.05) is 35.8 Å². The van der Waals surface area contributed by atoms with Gasteiger partial charge in [-0.05, 0) is 36.8 Å². The fourth-order valence-electron chi connectivity index (χ4n) is 3.36. The second-order valence-electron chi connectivity index (χ2n) is 8.55. The molecule has 1 atom stereocenters. The van der Waals surface area contributed by atoms with E-state index in [4.69, 9.17) is 23.2 Å². The number of carbonyl (C=O) groups is 3. The zero-order valence-electron chi connectivity index (χ0n) is 21.2. The average Bonchev–Trinajstić information content (AvgIpc) is 3.31. The van der Waals surface area contributed by atoms with Crippen molar-refractivity contribution in [3.8, 4) is 5.82 Å². The molecule has 2 aromatic heterocycles. The molecular formula is C23H18Cl2F6N6O4S. The first-order valence-electron chi connectivity index (χ1n) is 11.3. The molecule has 42 heavy (non-hydrogen) atoms. The summed E-state index contributed by atoms with van der Waals surface area (Å²) >= 11 is 12.1. The van der Waals surface area contributed by atoms with E-state index in [0.717, 1.165) is 12.3 Å². The first kappa shape index (κ1) is 32.8. The molecular weight excluding hydrogens is 641 g/mol. The van der Waals surface area contributed by atoms with Crippen LogP contribution in [0.5, 0.6) is 0 Å². The SMILES string of the molecule is Cc1cc(Cl)cc(C(=O)NCCS(C)(=O)=NC(=O)C(F)(F)F)c1NC(=O)c1cc(C(F)(F)F)nn1-c1ncccc1Cl. The third kappa shape index (κ3) is 7.98. The lowest BCUT2D eigenvalue weighted by atomic mass is 10.1. The number of amides is 3. The Balaban J connectivity index is 1.92. The maximum Gasteiger partial charge on any atom is 0.474 e. The largest absolute Gasteiger partial charge is 0.474 e. The van der Waals surface area contributed by atoms with E-state index in [2.05, 4.69) is 25.1 Å². The Morgan fingerprint density at radius 1 is 1.07 bits per heavy atom. The van der Waals surface area contributed by atoms with E-state index < -0.39 is 63.5 Å². The molecule has 2 heterocycles. The fraction of sp³-hybridized carbons (Fsp3) is 0.261. The van der Waals surface area contributed by atoms with E-state index in [0.29, 0.717) is 10.7 Å². The zero-order chi connectivity index (χ0) is 31.6. The summed E-state index contributed by atoms with van der Waals surface area (Å²) in [6.45, 7) is 0.911. The minimum Gasteiger partial charge on any atom is -0.351 e. The van der Waals surface area contributed by atoms with Crippen LogP contribution < -0.4 is 10.6 Å². The first-order chi connectivity index (χ1) is 19.3. The summed E-state index contributed by atoms with van der Waals surface area (Å²) in [5.41, 5.74) is -2.37. The van der Waals surface area contributed by atoms with Crippen molar-refractivity contribution in [2.24, 2.45) is 4.36 Å². The molecule has 2 N–H and O–H groups in total. The number of anilines is 1. The maximum absolute atomic E-state index is 13.5. The van der Waals surface area contributed by atoms with Crippen molar-refractivity contribution in [3.63, 3.8) is 0 Å². The second-order valence-corrected chi connectivity index (χ2v) is 11.9. The smallest absolute Gasteiger partial charge is 0.351 e. The van der Waals surface area contributed by atoms with Crippen LogP contribution in [0, 0.1) is 6.92 Å². The van der Waals surface area contributed by atoms with Crippen molar-refractivity contribution in [1.29, 1.82) is 0 Å². The number of aryl methyl sites for hydroxylation is 1. The summed E-state index contributed by atoms with van der Waals surface area (Å²) < 4.78 is 93.2. The van der Waals surface area contributed by atoms with Crippen molar-refractivity contribution in [2.45, 2.75) is 19.3 Å². The Hall–Kier alpha value is -3.70. The van der Waals surface area contributed by atoms with E-state index in [1.165, 1.54) is 31.3 Å². The molecule has 0 aliphatic heterocycles. The fourth-order valence-corrected chi connectivity index (χ4v) is 4.86. The highest BCUT2D eigenvalue weighted by Gasteiger charge is 2.39. The van der Waals surface area contributed by atoms with Gasteiger partial charge in [-0.25, -0.2) is 13.9 Å². The van der Waals surface area contributed by atoms with Gasteiger partial charge in [0.15, 0.2) is 11.5 Å². The molecule has 0 radical (unpaired) electrons. The van der Waals surface area contributed by atoms with Gasteiger partial charge in [-0.2, -0.15) is 35.8 Å². The lowest BCUT2D eigenvalue weighted by molar-refractivity contribution is -0.169. The molecule has 1 unspecified atom stereocenters. The highest BCUT2D eigenvalue weighted by Crippen LogP contribution is 2.32. The zero-order valence-corrected chi connectivity index (χ0v) is 23.6. The van der Waals surface area contributed by atoms with Crippen molar-refractivity contribution in [2.75, 3.05) is 23.9 Å². The Labute approximate surface area is 243 Å². The Morgan fingerprint density at radius 3 is 2.33 bits per heavy atom. The number of carbonyl (C=O) groups excluding carboxylic acids is 3. The highest BCUT2D eigenvalue weighted by atomic mass is 35.5. The number of hydrogen-bond acceptors (Lipinski definition) is 6. The quantitative estimate of drug-likeness (QED) is 0.340. The molecule has 0 saturated carbocycles. The summed E-state index contributed by atoms with van der Waals surface area (Å²) in [7, 11) is -3.69. The van der Waals surface area contributed by atoms with Gasteiger partial charge in [0.05, 0.1) is 26.0 Å². The van der Waals surface area contributed by atoms with Crippen LogP contribution in [-0.2, 0) is 20.7 Å². The molecule has 3 rings (SSSR count). The number of hydrogen-bond donors (Lipinski definition) is 2. The van der Waals surface area contributed by atoms with Gasteiger partial charge >= 0.3 is 18.3 Å². The molecule has 3 amide bonds. The minimum atomic E-state index is -5.33. The summed E-state index contributed by atoms with van der Waals surface area (Å²) in [4.78, 5) is 41.1. The third-order valence-electron chi connectivity index (χ3n) is 5.24. The number of nitrogens with one attached hydrogen (secondary N) is 2. The Morgan fingerprint density at radius 2 is 1.74 bits per heavy atom. The van der Waals surface area contributed by atoms with Gasteiger partial charge < -0.3 is 10.6 Å². The monoisotopic (exact) mass is 658 g/mol. The van der Waals surface area contributed by atoms with Crippen LogP contribution in [0.2, 0.25) is 10.0 Å². The molecule has 3 aromatic rings. The third-order valence-corrected chi connectivity index (χ3v) is 7.27. The number of halogens is 8. The number of nitrogens with zero attached hydrogens (tertiary/aromatic N) is 4. The summed E-state index contributed by atoms with van der Waals surface area (Å²) in [5.74, 6) is -5.59. The van der Waals surface area contributed by atoms with E-state index in [1.54, 1.807) is 0 Å². The topological polar surface area (TPSA) is 135 Å². The number of alkyl halides is 6. The van der Waals surface area contributed by atoms with Crippen LogP contribution in [0.3, 0.4) is 0 Å². The van der Waals surface area contributed by atoms with Crippen LogP contribution in [0.4, 0.5) is 32.0 Å². The molecule has 0 aliphatic rings. The van der Waals surface area contributed by atoms with Crippen LogP contribution in [0.25, 0.3) is 5.82 Å². The summed E-state index contributed by atoms with van der Waals surface area (Å²) in [6, 6.07) is 5.61. The van der Waals surface area contributed by atoms with Gasteiger partial charge in [-0.1, -0.05) is 23.2 Å². The van der Waals surface area contributed by atoms with E-state index in [9.17, 15) is 44.9 Å². The lowest BCUT2D eigenvalue weighted by Crippen LogP contribution is -2.31. The van der Waals surface area contributed by atoms with Gasteiger partial charge in [-0.3, -0.25) is 14.4 Å². The van der Waals surface area contributed by atoms with Gasteiger partial charge in [0.2, 0.25) is 0 Å². The molecule has 226 valence electrons. The van der Waals surface area contributed by atoms with Gasteiger partial charge in [0.25, 0.3) is 11.8 Å². The van der Waals surface area contributed by atoms with Crippen molar-refractivity contribution in [3.05, 3.63) is 69.1 Å². The average molecular weight is 659 g/mol. The number of rotatable bonds is 7. The predicted octanol–water partition coefficient (Wildman–Crippen LogP) is 5.07. The predicted molar refractivity (Wildman–Crippen MR) is 140 cm³/mol. The second kappa shape index (κ2) is 12.3. The maximum atomic E-state index is 13.5. The summed E-state index contributed by atoms with van der Waals surface area (Å²) in [6.07, 6.45) is -8.27. The van der Waals surface area contributed by atoms with Gasteiger partial charge in [-0.15, -0.1) is 0 Å². The van der Waals surface area contributed by atoms with E-state index >= 15 is 0 Å². The Kier molecular flexibility index (Phi) is 9.58. The van der Waals surface area contributed by atoms with Crippen LogP contribution >= 0.6 is 23.2 Å². The summed E-state index contributed by atoms with van der Waals surface area (Å²) in [5, 5.41) is 7.93. The highest BCUT2D eigenvalue weighted by molar-refractivity contribution is 7.93. The van der Waals surface area contributed by atoms with Crippen LogP contribution in [-0.4, -0.2) is 61.4 Å². The van der Waals surface area contributed by atoms with Crippen LogP contribution in [0.15, 0.2) is 40.9 Å². The van der Waals surface area contributed by atoms with Crippen molar-refractivity contribution < 1.29 is 44.9 Å². The molecule has 0 spiro atoms. The van der Waals surface area contributed by atoms with Crippen LogP contribution in [0.1, 0.15) is 32.1 Å². The molecule has 0 aliphatic carbocycles. The Bertz CT molecular complexity index is 1680. The number of aromatic nitrogens is 3. The molecule has 0 bridgehead atoms. The lowest BCUT2D eigenvalue weighted by Gasteiger charge is -2.15. The minimum absolute atomic E-state index is 0.0189. The first-order valence-corrected chi connectivity index (χ1v) is 14.1. The van der Waals surface area contributed by atoms with Crippen molar-refractivity contribution in [1.82, 2.24) is 20.1 Å². The number of pyridine rings is 1. The van der Waals surface area contributed by atoms with Crippen molar-refractivity contribution >= 4 is 56.3 Å². The normalized spacial score (nSPS) is 13.3. The molecule has 1 aromatic carbocycles. The number of benzene rings is 1. The standard InChI is InChI=1S/C23H18Cl2F6N6O4S/c1-11-8-12(24)9-13(19(38)33-6-7-42(2,41)36-21(40)23(29,30)31)17(11)34-20(39)15-10-16(22(26,27)28)35-37(15)18-14(25)4-3-5-32-18/h3-5,8-10H,6-7H2,1-2H3,(H,33,38)(H,34,39). The molecule has 0 fully saturated rings. The molecule has 0 saturated heterocycles.